The summed E-state index contributed by atoms with van der Waals surface area (Å²) in [6.45, 7) is 3.02. The molecular weight excluding hydrogens is 306 g/mol. The van der Waals surface area contributed by atoms with Crippen molar-refractivity contribution in [1.29, 1.82) is 0 Å². The van der Waals surface area contributed by atoms with E-state index < -0.39 is 0 Å². The molecule has 0 saturated carbocycles. The average molecular weight is 327 g/mol. The Labute approximate surface area is 141 Å². The first-order valence-corrected chi connectivity index (χ1v) is 7.71. The molecule has 6 heteroatoms. The molecular formula is C18H21N3O3. The van der Waals surface area contributed by atoms with Crippen molar-refractivity contribution in [3.63, 3.8) is 0 Å². The molecule has 2 N–H and O–H groups in total. The number of carbonyl (C=O) groups excluding carboxylic acids is 2. The van der Waals surface area contributed by atoms with Crippen molar-refractivity contribution in [1.82, 2.24) is 10.3 Å². The molecule has 2 rings (SSSR count). The summed E-state index contributed by atoms with van der Waals surface area (Å²) in [4.78, 5) is 28.4. The number of hydrogen-bond acceptors (Lipinski definition) is 4. The third kappa shape index (κ3) is 5.17. The number of benzene rings is 1. The van der Waals surface area contributed by atoms with Gasteiger partial charge in [0.15, 0.2) is 0 Å². The van der Waals surface area contributed by atoms with Gasteiger partial charge in [0.2, 0.25) is 0 Å². The van der Waals surface area contributed by atoms with Crippen LogP contribution in [0.5, 0.6) is 0 Å². The fourth-order valence-electron chi connectivity index (χ4n) is 2.13. The summed E-state index contributed by atoms with van der Waals surface area (Å²) >= 11 is 0. The Hall–Kier alpha value is -2.73. The smallest absolute Gasteiger partial charge is 0.269 e. The van der Waals surface area contributed by atoms with Crippen LogP contribution in [0.1, 0.15) is 32.8 Å². The van der Waals surface area contributed by atoms with Gasteiger partial charge in [0.1, 0.15) is 5.69 Å². The minimum atomic E-state index is -0.309. The summed E-state index contributed by atoms with van der Waals surface area (Å²) in [6, 6.07) is 10.6. The molecule has 126 valence electrons. The van der Waals surface area contributed by atoms with Crippen molar-refractivity contribution in [2.75, 3.05) is 25.6 Å². The Morgan fingerprint density at radius 1 is 1.17 bits per heavy atom. The normalized spacial score (nSPS) is 10.2. The van der Waals surface area contributed by atoms with Gasteiger partial charge in [-0.1, -0.05) is 12.1 Å². The zero-order chi connectivity index (χ0) is 17.4. The average Bonchev–Trinajstić information content (AvgIpc) is 2.58. The van der Waals surface area contributed by atoms with Crippen molar-refractivity contribution < 1.29 is 14.3 Å². The van der Waals surface area contributed by atoms with Crippen LogP contribution in [-0.2, 0) is 4.74 Å². The molecule has 0 fully saturated rings. The Kier molecular flexibility index (Phi) is 6.45. The molecule has 0 saturated heterocycles. The lowest BCUT2D eigenvalue weighted by molar-refractivity contribution is 0.0943. The topological polar surface area (TPSA) is 80.3 Å². The zero-order valence-electron chi connectivity index (χ0n) is 13.8. The number of amides is 2. The predicted octanol–water partition coefficient (Wildman–Crippen LogP) is 2.41. The summed E-state index contributed by atoms with van der Waals surface area (Å²) in [5.74, 6) is -0.590. The number of nitrogens with one attached hydrogen (secondary N) is 2. The van der Waals surface area contributed by atoms with Crippen molar-refractivity contribution in [3.05, 3.63) is 59.4 Å². The molecule has 1 aromatic carbocycles. The molecule has 0 aliphatic rings. The van der Waals surface area contributed by atoms with Crippen LogP contribution in [0, 0.1) is 6.92 Å². The maximum atomic E-state index is 12.3. The van der Waals surface area contributed by atoms with E-state index in [1.165, 1.54) is 12.3 Å². The van der Waals surface area contributed by atoms with Crippen LogP contribution in [-0.4, -0.2) is 37.1 Å². The molecule has 6 nitrogen and oxygen atoms in total. The van der Waals surface area contributed by atoms with Crippen LogP contribution in [0.25, 0.3) is 0 Å². The molecule has 0 spiro atoms. The van der Waals surface area contributed by atoms with E-state index in [-0.39, 0.29) is 17.5 Å². The largest absolute Gasteiger partial charge is 0.385 e. The van der Waals surface area contributed by atoms with Gasteiger partial charge in [-0.25, -0.2) is 0 Å². The quantitative estimate of drug-likeness (QED) is 0.765. The number of rotatable bonds is 7. The molecule has 0 aliphatic heterocycles. The molecule has 0 aliphatic carbocycles. The van der Waals surface area contributed by atoms with Gasteiger partial charge >= 0.3 is 0 Å². The second-order valence-electron chi connectivity index (χ2n) is 5.36. The molecule has 24 heavy (non-hydrogen) atoms. The standard InChI is InChI=1S/C18H21N3O3/c1-13-5-3-6-15(11-13)21-17(22)14-7-9-19-16(12-14)18(23)20-8-4-10-24-2/h3,5-7,9,11-12H,4,8,10H2,1-2H3,(H,20,23)(H,21,22). The number of aryl methyl sites for hydroxylation is 1. The van der Waals surface area contributed by atoms with Crippen molar-refractivity contribution in [2.24, 2.45) is 0 Å². The summed E-state index contributed by atoms with van der Waals surface area (Å²) in [7, 11) is 1.61. The lowest BCUT2D eigenvalue weighted by Gasteiger charge is -2.08. The Morgan fingerprint density at radius 2 is 2.00 bits per heavy atom. The van der Waals surface area contributed by atoms with Crippen molar-refractivity contribution in [3.8, 4) is 0 Å². The number of carbonyl (C=O) groups is 2. The van der Waals surface area contributed by atoms with E-state index in [1.54, 1.807) is 13.2 Å². The molecule has 0 unspecified atom stereocenters. The minimum Gasteiger partial charge on any atom is -0.385 e. The fourth-order valence-corrected chi connectivity index (χ4v) is 2.13. The SMILES string of the molecule is COCCCNC(=O)c1cc(C(=O)Nc2cccc(C)c2)ccn1. The summed E-state index contributed by atoms with van der Waals surface area (Å²) < 4.78 is 4.93. The van der Waals surface area contributed by atoms with E-state index in [2.05, 4.69) is 15.6 Å². The summed E-state index contributed by atoms with van der Waals surface area (Å²) in [6.07, 6.45) is 2.17. The van der Waals surface area contributed by atoms with Gasteiger partial charge in [-0.2, -0.15) is 0 Å². The van der Waals surface area contributed by atoms with Gasteiger partial charge in [-0.3, -0.25) is 14.6 Å². The maximum Gasteiger partial charge on any atom is 0.269 e. The van der Waals surface area contributed by atoms with Gasteiger partial charge < -0.3 is 15.4 Å². The zero-order valence-corrected chi connectivity index (χ0v) is 13.8. The van der Waals surface area contributed by atoms with E-state index in [1.807, 2.05) is 31.2 Å². The van der Waals surface area contributed by atoms with Crippen LogP contribution in [0.2, 0.25) is 0 Å². The molecule has 0 bridgehead atoms. The predicted molar refractivity (Wildman–Crippen MR) is 92.2 cm³/mol. The number of pyridine rings is 1. The highest BCUT2D eigenvalue weighted by molar-refractivity contribution is 6.05. The number of hydrogen-bond donors (Lipinski definition) is 2. The number of ether oxygens (including phenoxy) is 1. The minimum absolute atomic E-state index is 0.212. The second kappa shape index (κ2) is 8.79. The van der Waals surface area contributed by atoms with Crippen LogP contribution < -0.4 is 10.6 Å². The number of anilines is 1. The lowest BCUT2D eigenvalue weighted by Crippen LogP contribution is -2.26. The first kappa shape index (κ1) is 17.6. The van der Waals surface area contributed by atoms with Gasteiger partial charge in [0.25, 0.3) is 11.8 Å². The highest BCUT2D eigenvalue weighted by Crippen LogP contribution is 2.12. The van der Waals surface area contributed by atoms with E-state index in [0.29, 0.717) is 24.4 Å². The summed E-state index contributed by atoms with van der Waals surface area (Å²) in [5, 5.41) is 5.55. The van der Waals surface area contributed by atoms with Gasteiger partial charge in [0.05, 0.1) is 0 Å². The highest BCUT2D eigenvalue weighted by Gasteiger charge is 2.12. The van der Waals surface area contributed by atoms with E-state index >= 15 is 0 Å². The van der Waals surface area contributed by atoms with Crippen LogP contribution in [0.15, 0.2) is 42.6 Å². The molecule has 1 heterocycles. The Balaban J connectivity index is 2.01. The van der Waals surface area contributed by atoms with Crippen LogP contribution >= 0.6 is 0 Å². The molecule has 2 amide bonds. The molecule has 2 aromatic rings. The summed E-state index contributed by atoms with van der Waals surface area (Å²) in [5.41, 5.74) is 2.36. The van der Waals surface area contributed by atoms with Crippen LogP contribution in [0.4, 0.5) is 5.69 Å². The number of methoxy groups -OCH3 is 1. The molecule has 0 atom stereocenters. The fraction of sp³-hybridized carbons (Fsp3) is 0.278. The van der Waals surface area contributed by atoms with Gasteiger partial charge in [0, 0.05) is 37.7 Å². The molecule has 1 aromatic heterocycles. The van der Waals surface area contributed by atoms with E-state index in [9.17, 15) is 9.59 Å². The van der Waals surface area contributed by atoms with Gasteiger partial charge in [-0.15, -0.1) is 0 Å². The molecule has 0 radical (unpaired) electrons. The third-order valence-electron chi connectivity index (χ3n) is 3.34. The first-order valence-electron chi connectivity index (χ1n) is 7.71. The number of aromatic nitrogens is 1. The lowest BCUT2D eigenvalue weighted by atomic mass is 10.2. The first-order chi connectivity index (χ1) is 11.6. The highest BCUT2D eigenvalue weighted by atomic mass is 16.5. The van der Waals surface area contributed by atoms with Crippen molar-refractivity contribution >= 4 is 17.5 Å². The van der Waals surface area contributed by atoms with Crippen molar-refractivity contribution in [2.45, 2.75) is 13.3 Å². The monoisotopic (exact) mass is 327 g/mol. The van der Waals surface area contributed by atoms with E-state index in [4.69, 9.17) is 4.74 Å². The number of nitrogens with zero attached hydrogens (tertiary/aromatic N) is 1. The van der Waals surface area contributed by atoms with Crippen LogP contribution in [0.3, 0.4) is 0 Å². The Bertz CT molecular complexity index is 716. The third-order valence-corrected chi connectivity index (χ3v) is 3.34. The van der Waals surface area contributed by atoms with Gasteiger partial charge in [-0.05, 0) is 43.2 Å². The maximum absolute atomic E-state index is 12.3. The van der Waals surface area contributed by atoms with E-state index in [0.717, 1.165) is 12.0 Å². The Morgan fingerprint density at radius 3 is 2.75 bits per heavy atom. The second-order valence-corrected chi connectivity index (χ2v) is 5.36.